The van der Waals surface area contributed by atoms with E-state index in [-0.39, 0.29) is 5.82 Å². The molecule has 0 amide bonds. The number of aromatic nitrogens is 4. The molecule has 0 bridgehead atoms. The molecule has 1 saturated heterocycles. The van der Waals surface area contributed by atoms with Crippen molar-refractivity contribution in [2.24, 2.45) is 0 Å². The molecule has 4 aromatic rings. The molecule has 1 aliphatic heterocycles. The minimum Gasteiger partial charge on any atom is -0.495 e. The lowest BCUT2D eigenvalue weighted by atomic mass is 10.1. The normalized spacial score (nSPS) is 13.9. The number of pyridine rings is 1. The smallest absolute Gasteiger partial charge is 0.225 e. The van der Waals surface area contributed by atoms with Crippen LogP contribution in [0.25, 0.3) is 22.2 Å². The van der Waals surface area contributed by atoms with Crippen molar-refractivity contribution in [3.05, 3.63) is 60.3 Å². The molecule has 0 saturated carbocycles. The van der Waals surface area contributed by atoms with Crippen LogP contribution in [0.4, 0.5) is 16.2 Å². The van der Waals surface area contributed by atoms with E-state index in [1.165, 1.54) is 6.07 Å². The summed E-state index contributed by atoms with van der Waals surface area (Å²) in [6.07, 6.45) is 4.19. The summed E-state index contributed by atoms with van der Waals surface area (Å²) in [5.41, 5.74) is 2.79. The summed E-state index contributed by atoms with van der Waals surface area (Å²) in [4.78, 5) is 19.1. The largest absolute Gasteiger partial charge is 0.495 e. The van der Waals surface area contributed by atoms with E-state index < -0.39 is 0 Å². The van der Waals surface area contributed by atoms with Crippen LogP contribution in [-0.4, -0.2) is 59.9 Å². The fraction of sp³-hybridized carbons (Fsp3) is 0.292. The molecule has 0 unspecified atom stereocenters. The number of halogens is 1. The Kier molecular flexibility index (Phi) is 6.03. The predicted octanol–water partition coefficient (Wildman–Crippen LogP) is 3.66. The van der Waals surface area contributed by atoms with E-state index in [2.05, 4.69) is 25.2 Å². The van der Waals surface area contributed by atoms with Gasteiger partial charge in [-0.25, -0.2) is 9.37 Å². The molecule has 0 atom stereocenters. The first kappa shape index (κ1) is 21.1. The Morgan fingerprint density at radius 2 is 2.03 bits per heavy atom. The Labute approximate surface area is 190 Å². The lowest BCUT2D eigenvalue weighted by Crippen LogP contribution is -2.37. The van der Waals surface area contributed by atoms with Gasteiger partial charge in [0.1, 0.15) is 17.4 Å². The van der Waals surface area contributed by atoms with Crippen molar-refractivity contribution in [1.82, 2.24) is 19.9 Å². The maximum absolute atomic E-state index is 15.0. The molecule has 2 N–H and O–H groups in total. The van der Waals surface area contributed by atoms with Crippen molar-refractivity contribution in [3.8, 4) is 17.0 Å². The highest BCUT2D eigenvalue weighted by Gasteiger charge is 2.19. The molecular weight excluding hydrogens is 423 g/mol. The van der Waals surface area contributed by atoms with Crippen LogP contribution in [0, 0.1) is 5.82 Å². The molecular formula is C24H25FN6O2. The van der Waals surface area contributed by atoms with Crippen molar-refractivity contribution in [2.45, 2.75) is 6.42 Å². The number of benzene rings is 1. The zero-order valence-corrected chi connectivity index (χ0v) is 18.3. The van der Waals surface area contributed by atoms with E-state index in [9.17, 15) is 4.39 Å². The van der Waals surface area contributed by atoms with Gasteiger partial charge in [0.15, 0.2) is 0 Å². The molecule has 8 nitrogen and oxygen atoms in total. The van der Waals surface area contributed by atoms with Crippen LogP contribution in [-0.2, 0) is 11.2 Å². The Balaban J connectivity index is 1.45. The van der Waals surface area contributed by atoms with Gasteiger partial charge in [-0.2, -0.15) is 4.98 Å². The molecule has 1 fully saturated rings. The van der Waals surface area contributed by atoms with Gasteiger partial charge < -0.3 is 24.7 Å². The van der Waals surface area contributed by atoms with Gasteiger partial charge in [-0.05, 0) is 30.3 Å². The van der Waals surface area contributed by atoms with Gasteiger partial charge in [0, 0.05) is 60.5 Å². The first-order valence-electron chi connectivity index (χ1n) is 10.9. The maximum atomic E-state index is 15.0. The SMILES string of the molecule is COc1ccc(CCNc2nc(-c3c(F)ccc4[nH]ccc34)cc(N3CCOCC3)n2)nc1. The van der Waals surface area contributed by atoms with Gasteiger partial charge in [0.2, 0.25) is 5.95 Å². The van der Waals surface area contributed by atoms with Crippen LogP contribution >= 0.6 is 0 Å². The summed E-state index contributed by atoms with van der Waals surface area (Å²) in [6.45, 7) is 3.30. The Hall–Kier alpha value is -3.72. The average Bonchev–Trinajstić information content (AvgIpc) is 3.33. The summed E-state index contributed by atoms with van der Waals surface area (Å²) in [5, 5.41) is 4.08. The summed E-state index contributed by atoms with van der Waals surface area (Å²) >= 11 is 0. The summed E-state index contributed by atoms with van der Waals surface area (Å²) in [6, 6.07) is 10.7. The Morgan fingerprint density at radius 3 is 2.82 bits per heavy atom. The number of nitrogens with zero attached hydrogens (tertiary/aromatic N) is 4. The van der Waals surface area contributed by atoms with Crippen LogP contribution in [0.2, 0.25) is 0 Å². The number of morpholine rings is 1. The van der Waals surface area contributed by atoms with Gasteiger partial charge in [-0.3, -0.25) is 4.98 Å². The lowest BCUT2D eigenvalue weighted by molar-refractivity contribution is 0.122. The summed E-state index contributed by atoms with van der Waals surface area (Å²) < 4.78 is 25.6. The highest BCUT2D eigenvalue weighted by molar-refractivity contribution is 5.95. The number of fused-ring (bicyclic) bond motifs is 1. The molecule has 1 aromatic carbocycles. The maximum Gasteiger partial charge on any atom is 0.225 e. The van der Waals surface area contributed by atoms with Crippen LogP contribution in [0.3, 0.4) is 0 Å². The highest BCUT2D eigenvalue weighted by Crippen LogP contribution is 2.32. The topological polar surface area (TPSA) is 88.2 Å². The third-order valence-corrected chi connectivity index (χ3v) is 5.68. The van der Waals surface area contributed by atoms with E-state index in [1.54, 1.807) is 25.6 Å². The molecule has 0 aliphatic carbocycles. The number of rotatable bonds is 7. The second kappa shape index (κ2) is 9.41. The van der Waals surface area contributed by atoms with Crippen LogP contribution in [0.1, 0.15) is 5.69 Å². The molecule has 0 spiro atoms. The second-order valence-corrected chi connectivity index (χ2v) is 7.76. The lowest BCUT2D eigenvalue weighted by Gasteiger charge is -2.28. The summed E-state index contributed by atoms with van der Waals surface area (Å²) in [5.74, 6) is 1.61. The van der Waals surface area contributed by atoms with Crippen molar-refractivity contribution >= 4 is 22.7 Å². The molecule has 9 heteroatoms. The monoisotopic (exact) mass is 448 g/mol. The van der Waals surface area contributed by atoms with Crippen molar-refractivity contribution in [2.75, 3.05) is 50.2 Å². The van der Waals surface area contributed by atoms with Crippen LogP contribution < -0.4 is 15.0 Å². The van der Waals surface area contributed by atoms with Crippen molar-refractivity contribution in [3.63, 3.8) is 0 Å². The number of H-pyrrole nitrogens is 1. The molecule has 0 radical (unpaired) electrons. The molecule has 33 heavy (non-hydrogen) atoms. The van der Waals surface area contributed by atoms with Crippen molar-refractivity contribution < 1.29 is 13.9 Å². The van der Waals surface area contributed by atoms with E-state index in [0.717, 1.165) is 41.3 Å². The van der Waals surface area contributed by atoms with Gasteiger partial charge in [-0.1, -0.05) is 0 Å². The number of methoxy groups -OCH3 is 1. The van der Waals surface area contributed by atoms with Gasteiger partial charge in [-0.15, -0.1) is 0 Å². The number of nitrogens with one attached hydrogen (secondary N) is 2. The third kappa shape index (κ3) is 4.58. The van der Waals surface area contributed by atoms with Gasteiger partial charge in [0.25, 0.3) is 0 Å². The second-order valence-electron chi connectivity index (χ2n) is 7.76. The average molecular weight is 449 g/mol. The predicted molar refractivity (Wildman–Crippen MR) is 125 cm³/mol. The zero-order valence-electron chi connectivity index (χ0n) is 18.3. The molecule has 4 heterocycles. The van der Waals surface area contributed by atoms with Gasteiger partial charge >= 0.3 is 0 Å². The number of hydrogen-bond acceptors (Lipinski definition) is 7. The quantitative estimate of drug-likeness (QED) is 0.446. The van der Waals surface area contributed by atoms with E-state index in [0.29, 0.717) is 43.4 Å². The van der Waals surface area contributed by atoms with Crippen molar-refractivity contribution in [1.29, 1.82) is 0 Å². The number of hydrogen-bond donors (Lipinski definition) is 2. The van der Waals surface area contributed by atoms with E-state index >= 15 is 0 Å². The molecule has 170 valence electrons. The third-order valence-electron chi connectivity index (χ3n) is 5.68. The highest BCUT2D eigenvalue weighted by atomic mass is 19.1. The fourth-order valence-electron chi connectivity index (χ4n) is 3.94. The first-order valence-corrected chi connectivity index (χ1v) is 10.9. The molecule has 1 aliphatic rings. The Bertz CT molecular complexity index is 1240. The zero-order chi connectivity index (χ0) is 22.6. The van der Waals surface area contributed by atoms with E-state index in [4.69, 9.17) is 14.5 Å². The van der Waals surface area contributed by atoms with E-state index in [1.807, 2.05) is 24.3 Å². The summed E-state index contributed by atoms with van der Waals surface area (Å²) in [7, 11) is 1.62. The number of aromatic amines is 1. The van der Waals surface area contributed by atoms with Crippen LogP contribution in [0.5, 0.6) is 5.75 Å². The standard InChI is InChI=1S/C24H25FN6O2/c1-32-17-3-2-16(28-15-17)6-8-27-24-29-21(14-22(30-24)31-10-12-33-13-11-31)23-18-7-9-26-20(18)5-4-19(23)25/h2-5,7,9,14-15,26H,6,8,10-13H2,1H3,(H,27,29,30). The van der Waals surface area contributed by atoms with Gasteiger partial charge in [0.05, 0.1) is 32.2 Å². The number of ether oxygens (including phenoxy) is 2. The fourth-order valence-corrected chi connectivity index (χ4v) is 3.94. The Morgan fingerprint density at radius 1 is 1.15 bits per heavy atom. The molecule has 5 rings (SSSR count). The molecule has 3 aromatic heterocycles. The first-order chi connectivity index (χ1) is 16.2. The minimum atomic E-state index is -0.317. The minimum absolute atomic E-state index is 0.317. The van der Waals surface area contributed by atoms with Crippen LogP contribution in [0.15, 0.2) is 48.8 Å². The number of anilines is 2.